The summed E-state index contributed by atoms with van der Waals surface area (Å²) in [5, 5.41) is 13.7. The molecule has 0 spiro atoms. The first-order chi connectivity index (χ1) is 12.0. The Morgan fingerprint density at radius 1 is 1.40 bits per heavy atom. The number of likely N-dealkylation sites (tertiary alicyclic amines) is 1. The predicted octanol–water partition coefficient (Wildman–Crippen LogP) is 2.50. The highest BCUT2D eigenvalue weighted by molar-refractivity contribution is 5.72. The van der Waals surface area contributed by atoms with Crippen LogP contribution in [0, 0.1) is 5.92 Å². The summed E-state index contributed by atoms with van der Waals surface area (Å²) in [6.07, 6.45) is 0. The largest absolute Gasteiger partial charge is 0.496 e. The van der Waals surface area contributed by atoms with Crippen molar-refractivity contribution >= 4 is 5.97 Å². The van der Waals surface area contributed by atoms with Crippen LogP contribution in [0.2, 0.25) is 0 Å². The molecule has 7 heteroatoms. The number of methoxy groups -OCH3 is 1. The number of benzene rings is 1. The SMILES string of the molecule is COc1ccccc1[C@@H]1CN(Cc2noc(C(C)C)n2)C[C@H]1C(=O)O. The third kappa shape index (κ3) is 3.66. The Labute approximate surface area is 146 Å². The van der Waals surface area contributed by atoms with E-state index in [4.69, 9.17) is 9.26 Å². The van der Waals surface area contributed by atoms with Crippen LogP contribution in [0.5, 0.6) is 5.75 Å². The first-order valence-corrected chi connectivity index (χ1v) is 8.40. The average molecular weight is 345 g/mol. The lowest BCUT2D eigenvalue weighted by molar-refractivity contribution is -0.141. The molecule has 1 N–H and O–H groups in total. The minimum Gasteiger partial charge on any atom is -0.496 e. The van der Waals surface area contributed by atoms with Crippen molar-refractivity contribution in [3.63, 3.8) is 0 Å². The normalized spacial score (nSPS) is 21.0. The summed E-state index contributed by atoms with van der Waals surface area (Å²) in [7, 11) is 1.61. The molecule has 2 aromatic rings. The molecule has 0 amide bonds. The fourth-order valence-electron chi connectivity index (χ4n) is 3.32. The predicted molar refractivity (Wildman–Crippen MR) is 90.5 cm³/mol. The number of para-hydroxylation sites is 1. The van der Waals surface area contributed by atoms with E-state index in [1.165, 1.54) is 0 Å². The summed E-state index contributed by atoms with van der Waals surface area (Å²) in [6.45, 7) is 5.52. The number of hydrogen-bond acceptors (Lipinski definition) is 6. The van der Waals surface area contributed by atoms with E-state index in [0.29, 0.717) is 31.3 Å². The molecule has 0 unspecified atom stereocenters. The molecule has 0 saturated carbocycles. The Kier molecular flexibility index (Phi) is 5.03. The van der Waals surface area contributed by atoms with Crippen LogP contribution in [-0.2, 0) is 11.3 Å². The molecular formula is C18H23N3O4. The maximum atomic E-state index is 11.8. The molecule has 1 aliphatic rings. The molecule has 7 nitrogen and oxygen atoms in total. The third-order valence-corrected chi connectivity index (χ3v) is 4.59. The number of carboxylic acid groups (broad SMARTS) is 1. The van der Waals surface area contributed by atoms with E-state index in [-0.39, 0.29) is 11.8 Å². The molecule has 1 aromatic carbocycles. The molecule has 1 saturated heterocycles. The second-order valence-corrected chi connectivity index (χ2v) is 6.69. The van der Waals surface area contributed by atoms with Crippen LogP contribution in [0.4, 0.5) is 0 Å². The second kappa shape index (κ2) is 7.23. The molecular weight excluding hydrogens is 322 g/mol. The Balaban J connectivity index is 1.79. The number of nitrogens with zero attached hydrogens (tertiary/aromatic N) is 3. The van der Waals surface area contributed by atoms with Gasteiger partial charge in [0.15, 0.2) is 5.82 Å². The van der Waals surface area contributed by atoms with Gasteiger partial charge in [0, 0.05) is 24.9 Å². The summed E-state index contributed by atoms with van der Waals surface area (Å²) in [5.74, 6) is 0.668. The van der Waals surface area contributed by atoms with E-state index in [1.54, 1.807) is 7.11 Å². The molecule has 0 bridgehead atoms. The van der Waals surface area contributed by atoms with Crippen LogP contribution in [0.15, 0.2) is 28.8 Å². The summed E-state index contributed by atoms with van der Waals surface area (Å²) >= 11 is 0. The number of hydrogen-bond donors (Lipinski definition) is 1. The zero-order valence-electron chi connectivity index (χ0n) is 14.7. The zero-order chi connectivity index (χ0) is 18.0. The van der Waals surface area contributed by atoms with Crippen molar-refractivity contribution < 1.29 is 19.2 Å². The van der Waals surface area contributed by atoms with Crippen molar-refractivity contribution in [3.8, 4) is 5.75 Å². The maximum Gasteiger partial charge on any atom is 0.308 e. The van der Waals surface area contributed by atoms with Crippen molar-refractivity contribution in [3.05, 3.63) is 41.5 Å². The van der Waals surface area contributed by atoms with Crippen LogP contribution in [0.25, 0.3) is 0 Å². The van der Waals surface area contributed by atoms with Crippen molar-refractivity contribution in [1.82, 2.24) is 15.0 Å². The number of aromatic nitrogens is 2. The topological polar surface area (TPSA) is 88.7 Å². The lowest BCUT2D eigenvalue weighted by Gasteiger charge is -2.18. The van der Waals surface area contributed by atoms with Gasteiger partial charge in [-0.2, -0.15) is 4.98 Å². The number of rotatable bonds is 6. The molecule has 3 rings (SSSR count). The Morgan fingerprint density at radius 3 is 2.80 bits per heavy atom. The van der Waals surface area contributed by atoms with Crippen LogP contribution in [0.1, 0.15) is 43.0 Å². The van der Waals surface area contributed by atoms with E-state index in [0.717, 1.165) is 11.3 Å². The van der Waals surface area contributed by atoms with Gasteiger partial charge in [-0.25, -0.2) is 0 Å². The Bertz CT molecular complexity index is 743. The summed E-state index contributed by atoms with van der Waals surface area (Å²) < 4.78 is 10.7. The van der Waals surface area contributed by atoms with Crippen LogP contribution >= 0.6 is 0 Å². The van der Waals surface area contributed by atoms with Crippen LogP contribution < -0.4 is 4.74 Å². The van der Waals surface area contributed by atoms with E-state index in [2.05, 4.69) is 15.0 Å². The monoisotopic (exact) mass is 345 g/mol. The van der Waals surface area contributed by atoms with Crippen molar-refractivity contribution in [2.24, 2.45) is 5.92 Å². The molecule has 0 radical (unpaired) electrons. The smallest absolute Gasteiger partial charge is 0.308 e. The van der Waals surface area contributed by atoms with Gasteiger partial charge in [0.25, 0.3) is 0 Å². The van der Waals surface area contributed by atoms with Gasteiger partial charge in [-0.3, -0.25) is 9.69 Å². The minimum absolute atomic E-state index is 0.134. The lowest BCUT2D eigenvalue weighted by atomic mass is 9.88. The quantitative estimate of drug-likeness (QED) is 0.860. The third-order valence-electron chi connectivity index (χ3n) is 4.59. The summed E-state index contributed by atoms with van der Waals surface area (Å²) in [6, 6.07) is 7.60. The standard InChI is InChI=1S/C18H23N3O4/c1-11(2)17-19-16(20-25-17)10-21-8-13(14(9-21)18(22)23)12-6-4-5-7-15(12)24-3/h4-7,11,13-14H,8-10H2,1-3H3,(H,22,23)/t13-,14+/m0/s1. The fourth-order valence-corrected chi connectivity index (χ4v) is 3.32. The summed E-state index contributed by atoms with van der Waals surface area (Å²) in [5.41, 5.74) is 0.927. The molecule has 134 valence electrons. The number of carbonyl (C=O) groups is 1. The van der Waals surface area contributed by atoms with Gasteiger partial charge in [-0.05, 0) is 11.6 Å². The molecule has 2 atom stereocenters. The highest BCUT2D eigenvalue weighted by Crippen LogP contribution is 2.38. The van der Waals surface area contributed by atoms with Gasteiger partial charge in [-0.15, -0.1) is 0 Å². The van der Waals surface area contributed by atoms with Gasteiger partial charge >= 0.3 is 5.97 Å². The maximum absolute atomic E-state index is 11.8. The number of ether oxygens (including phenoxy) is 1. The molecule has 1 aromatic heterocycles. The van der Waals surface area contributed by atoms with E-state index < -0.39 is 11.9 Å². The van der Waals surface area contributed by atoms with Gasteiger partial charge < -0.3 is 14.4 Å². The molecule has 0 aliphatic carbocycles. The van der Waals surface area contributed by atoms with Crippen molar-refractivity contribution in [2.45, 2.75) is 32.2 Å². The number of aliphatic carboxylic acids is 1. The fraction of sp³-hybridized carbons (Fsp3) is 0.500. The first-order valence-electron chi connectivity index (χ1n) is 8.40. The summed E-state index contributed by atoms with van der Waals surface area (Å²) in [4.78, 5) is 18.2. The lowest BCUT2D eigenvalue weighted by Crippen LogP contribution is -2.23. The van der Waals surface area contributed by atoms with Gasteiger partial charge in [0.05, 0.1) is 19.6 Å². The average Bonchev–Trinajstić information content (AvgIpc) is 3.22. The highest BCUT2D eigenvalue weighted by Gasteiger charge is 2.40. The van der Waals surface area contributed by atoms with Crippen LogP contribution in [-0.4, -0.2) is 46.3 Å². The van der Waals surface area contributed by atoms with Crippen LogP contribution in [0.3, 0.4) is 0 Å². The number of carboxylic acids is 1. The highest BCUT2D eigenvalue weighted by atomic mass is 16.5. The van der Waals surface area contributed by atoms with Gasteiger partial charge in [-0.1, -0.05) is 37.2 Å². The molecule has 1 fully saturated rings. The van der Waals surface area contributed by atoms with E-state index >= 15 is 0 Å². The van der Waals surface area contributed by atoms with Crippen molar-refractivity contribution in [2.75, 3.05) is 20.2 Å². The van der Waals surface area contributed by atoms with E-state index in [9.17, 15) is 9.90 Å². The Hall–Kier alpha value is -2.41. The Morgan fingerprint density at radius 2 is 2.16 bits per heavy atom. The zero-order valence-corrected chi connectivity index (χ0v) is 14.7. The molecule has 1 aliphatic heterocycles. The van der Waals surface area contributed by atoms with E-state index in [1.807, 2.05) is 38.1 Å². The molecule has 25 heavy (non-hydrogen) atoms. The molecule has 2 heterocycles. The minimum atomic E-state index is -0.797. The first kappa shape index (κ1) is 17.4. The van der Waals surface area contributed by atoms with Gasteiger partial charge in [0.2, 0.25) is 5.89 Å². The van der Waals surface area contributed by atoms with Gasteiger partial charge in [0.1, 0.15) is 5.75 Å². The second-order valence-electron chi connectivity index (χ2n) is 6.69. The van der Waals surface area contributed by atoms with Crippen molar-refractivity contribution in [1.29, 1.82) is 0 Å².